The van der Waals surface area contributed by atoms with E-state index in [-0.39, 0.29) is 17.5 Å². The smallest absolute Gasteiger partial charge is 0.221 e. The average molecular weight is 341 g/mol. The van der Waals surface area contributed by atoms with E-state index in [1.54, 1.807) is 45.0 Å². The summed E-state index contributed by atoms with van der Waals surface area (Å²) in [5.74, 6) is -0.304. The molecule has 0 aliphatic carbocycles. The van der Waals surface area contributed by atoms with Crippen LogP contribution in [-0.2, 0) is 4.79 Å². The van der Waals surface area contributed by atoms with Crippen LogP contribution in [0.4, 0.5) is 11.4 Å². The van der Waals surface area contributed by atoms with Gasteiger partial charge in [-0.2, -0.15) is 0 Å². The first-order valence-corrected chi connectivity index (χ1v) is 8.09. The molecule has 0 radical (unpaired) electrons. The number of aryl methyl sites for hydroxylation is 1. The van der Waals surface area contributed by atoms with Crippen molar-refractivity contribution in [2.24, 2.45) is 0 Å². The number of benzene rings is 1. The Morgan fingerprint density at radius 3 is 2.04 bits per heavy atom. The Labute approximate surface area is 147 Å². The maximum atomic E-state index is 12.7. The van der Waals surface area contributed by atoms with Gasteiger partial charge in [-0.15, -0.1) is 0 Å². The fraction of sp³-hybridized carbons (Fsp3) is 0.316. The zero-order valence-corrected chi connectivity index (χ0v) is 15.1. The summed E-state index contributed by atoms with van der Waals surface area (Å²) < 4.78 is 0. The molecule has 0 aliphatic rings. The predicted octanol–water partition coefficient (Wildman–Crippen LogP) is 3.48. The lowest BCUT2D eigenvalue weighted by atomic mass is 10.0. The van der Waals surface area contributed by atoms with E-state index in [1.165, 1.54) is 13.8 Å². The minimum absolute atomic E-state index is 0.0560. The molecule has 132 valence electrons. The SMILES string of the molecule is CC(=O)Nc1ccc(N[C@H](C)C(=O)c2[nH]c(C)c(C(C)=O)c2C)cc1. The third-order valence-corrected chi connectivity index (χ3v) is 4.02. The largest absolute Gasteiger partial charge is 0.375 e. The number of hydrogen-bond acceptors (Lipinski definition) is 4. The lowest BCUT2D eigenvalue weighted by molar-refractivity contribution is -0.114. The number of carbonyl (C=O) groups excluding carboxylic acids is 3. The van der Waals surface area contributed by atoms with Crippen molar-refractivity contribution in [2.45, 2.75) is 40.7 Å². The van der Waals surface area contributed by atoms with Crippen LogP contribution in [0, 0.1) is 13.8 Å². The number of nitrogens with one attached hydrogen (secondary N) is 3. The summed E-state index contributed by atoms with van der Waals surface area (Å²) >= 11 is 0. The number of H-pyrrole nitrogens is 1. The van der Waals surface area contributed by atoms with Gasteiger partial charge in [-0.3, -0.25) is 14.4 Å². The summed E-state index contributed by atoms with van der Waals surface area (Å²) in [7, 11) is 0. The van der Waals surface area contributed by atoms with E-state index in [9.17, 15) is 14.4 Å². The lowest BCUT2D eigenvalue weighted by Crippen LogP contribution is -2.27. The van der Waals surface area contributed by atoms with Crippen molar-refractivity contribution >= 4 is 28.8 Å². The minimum atomic E-state index is -0.469. The normalized spacial score (nSPS) is 11.7. The molecule has 0 fully saturated rings. The Balaban J connectivity index is 2.14. The molecule has 1 atom stereocenters. The molecule has 0 saturated carbocycles. The summed E-state index contributed by atoms with van der Waals surface area (Å²) in [4.78, 5) is 38.5. The van der Waals surface area contributed by atoms with Gasteiger partial charge >= 0.3 is 0 Å². The Bertz CT molecular complexity index is 819. The van der Waals surface area contributed by atoms with Gasteiger partial charge < -0.3 is 15.6 Å². The molecule has 2 rings (SSSR count). The average Bonchev–Trinajstić information content (AvgIpc) is 2.82. The van der Waals surface area contributed by atoms with Crippen molar-refractivity contribution in [2.75, 3.05) is 10.6 Å². The molecular formula is C19H23N3O3. The van der Waals surface area contributed by atoms with Gasteiger partial charge in [0.2, 0.25) is 11.7 Å². The molecule has 0 bridgehead atoms. The number of ketones is 2. The molecule has 25 heavy (non-hydrogen) atoms. The number of hydrogen-bond donors (Lipinski definition) is 3. The van der Waals surface area contributed by atoms with E-state index < -0.39 is 6.04 Å². The van der Waals surface area contributed by atoms with Crippen LogP contribution < -0.4 is 10.6 Å². The number of aromatic amines is 1. The van der Waals surface area contributed by atoms with Gasteiger partial charge in [0.05, 0.1) is 11.7 Å². The van der Waals surface area contributed by atoms with E-state index in [0.29, 0.717) is 28.2 Å². The second kappa shape index (κ2) is 7.34. The molecule has 0 aliphatic heterocycles. The van der Waals surface area contributed by atoms with Crippen molar-refractivity contribution in [1.82, 2.24) is 4.98 Å². The van der Waals surface area contributed by atoms with Gasteiger partial charge in [-0.1, -0.05) is 0 Å². The van der Waals surface area contributed by atoms with E-state index in [2.05, 4.69) is 15.6 Å². The van der Waals surface area contributed by atoms with Crippen LogP contribution in [0.1, 0.15) is 52.9 Å². The quantitative estimate of drug-likeness (QED) is 0.702. The van der Waals surface area contributed by atoms with Gasteiger partial charge in [0, 0.05) is 29.6 Å². The van der Waals surface area contributed by atoms with Crippen LogP contribution >= 0.6 is 0 Å². The summed E-state index contributed by atoms with van der Waals surface area (Å²) in [6.07, 6.45) is 0. The van der Waals surface area contributed by atoms with Crippen LogP contribution in [0.25, 0.3) is 0 Å². The molecule has 1 amide bonds. The summed E-state index contributed by atoms with van der Waals surface area (Å²) in [5.41, 5.74) is 3.89. The Hall–Kier alpha value is -2.89. The van der Waals surface area contributed by atoms with E-state index in [0.717, 1.165) is 5.69 Å². The van der Waals surface area contributed by atoms with Crippen molar-refractivity contribution in [3.63, 3.8) is 0 Å². The summed E-state index contributed by atoms with van der Waals surface area (Å²) in [6, 6.07) is 6.65. The van der Waals surface area contributed by atoms with E-state index in [4.69, 9.17) is 0 Å². The van der Waals surface area contributed by atoms with Gasteiger partial charge in [0.15, 0.2) is 5.78 Å². The van der Waals surface area contributed by atoms with Gasteiger partial charge in [-0.25, -0.2) is 0 Å². The molecule has 6 heteroatoms. The fourth-order valence-electron chi connectivity index (χ4n) is 2.91. The Kier molecular flexibility index (Phi) is 5.41. The highest BCUT2D eigenvalue weighted by molar-refractivity contribution is 6.05. The molecule has 1 heterocycles. The number of anilines is 2. The first-order chi connectivity index (χ1) is 11.7. The molecule has 0 spiro atoms. The highest BCUT2D eigenvalue weighted by atomic mass is 16.1. The Morgan fingerprint density at radius 2 is 1.56 bits per heavy atom. The van der Waals surface area contributed by atoms with Gasteiger partial charge in [-0.05, 0) is 57.5 Å². The van der Waals surface area contributed by atoms with Crippen molar-refractivity contribution < 1.29 is 14.4 Å². The second-order valence-corrected chi connectivity index (χ2v) is 6.17. The fourth-order valence-corrected chi connectivity index (χ4v) is 2.91. The molecule has 6 nitrogen and oxygen atoms in total. The molecule has 3 N–H and O–H groups in total. The standard InChI is InChI=1S/C19H23N3O3/c1-10-17(13(4)23)11(2)21-18(10)19(25)12(3)20-15-6-8-16(9-7-15)22-14(5)24/h6-9,12,20-21H,1-5H3,(H,22,24)/t12-/m1/s1. The number of aromatic nitrogens is 1. The Morgan fingerprint density at radius 1 is 1.00 bits per heavy atom. The number of Topliss-reactive ketones (excluding diaryl/α,β-unsaturated/α-hetero) is 2. The monoisotopic (exact) mass is 341 g/mol. The lowest BCUT2D eigenvalue weighted by Gasteiger charge is -2.14. The zero-order valence-electron chi connectivity index (χ0n) is 15.1. The molecule has 1 aromatic heterocycles. The molecule has 1 aromatic carbocycles. The van der Waals surface area contributed by atoms with Crippen LogP contribution in [-0.4, -0.2) is 28.5 Å². The molecular weight excluding hydrogens is 318 g/mol. The predicted molar refractivity (Wildman–Crippen MR) is 98.4 cm³/mol. The van der Waals surface area contributed by atoms with Crippen molar-refractivity contribution in [3.8, 4) is 0 Å². The maximum Gasteiger partial charge on any atom is 0.221 e. The maximum absolute atomic E-state index is 12.7. The number of amides is 1. The van der Waals surface area contributed by atoms with E-state index in [1.807, 2.05) is 0 Å². The zero-order chi connectivity index (χ0) is 18.7. The number of rotatable bonds is 6. The summed E-state index contributed by atoms with van der Waals surface area (Å²) in [6.45, 7) is 8.29. The minimum Gasteiger partial charge on any atom is -0.375 e. The summed E-state index contributed by atoms with van der Waals surface area (Å²) in [5, 5.41) is 5.83. The van der Waals surface area contributed by atoms with Gasteiger partial charge in [0.1, 0.15) is 0 Å². The van der Waals surface area contributed by atoms with Crippen molar-refractivity contribution in [1.29, 1.82) is 0 Å². The molecule has 0 unspecified atom stereocenters. The first-order valence-electron chi connectivity index (χ1n) is 8.09. The number of carbonyl (C=O) groups is 3. The third kappa shape index (κ3) is 4.15. The topological polar surface area (TPSA) is 91.1 Å². The van der Waals surface area contributed by atoms with E-state index >= 15 is 0 Å². The van der Waals surface area contributed by atoms with Crippen molar-refractivity contribution in [3.05, 3.63) is 46.8 Å². The highest BCUT2D eigenvalue weighted by Crippen LogP contribution is 2.21. The molecule has 0 saturated heterocycles. The second-order valence-electron chi connectivity index (χ2n) is 6.17. The van der Waals surface area contributed by atoms with Crippen LogP contribution in [0.2, 0.25) is 0 Å². The third-order valence-electron chi connectivity index (χ3n) is 4.02. The first kappa shape index (κ1) is 18.4. The molecule has 2 aromatic rings. The van der Waals surface area contributed by atoms with Crippen LogP contribution in [0.3, 0.4) is 0 Å². The van der Waals surface area contributed by atoms with Crippen LogP contribution in [0.15, 0.2) is 24.3 Å². The van der Waals surface area contributed by atoms with Crippen LogP contribution in [0.5, 0.6) is 0 Å². The van der Waals surface area contributed by atoms with Gasteiger partial charge in [0.25, 0.3) is 0 Å². The highest BCUT2D eigenvalue weighted by Gasteiger charge is 2.23.